The molecule has 1 aliphatic rings. The highest BCUT2D eigenvalue weighted by atomic mass is 35.7. The molecular weight excluding hydrogens is 212 g/mol. The molecule has 0 heterocycles. The number of hydrogen-bond donors (Lipinski definition) is 1. The number of allylic oxidation sites excluding steroid dienone is 2. The molecule has 13 heavy (non-hydrogen) atoms. The number of rotatable bonds is 1. The molecule has 0 bridgehead atoms. The summed E-state index contributed by atoms with van der Waals surface area (Å²) in [7, 11) is 1.67. The van der Waals surface area contributed by atoms with E-state index in [1.807, 2.05) is 0 Å². The molecule has 1 N–H and O–H groups in total. The van der Waals surface area contributed by atoms with Crippen LogP contribution in [0.4, 0.5) is 0 Å². The summed E-state index contributed by atoms with van der Waals surface area (Å²) in [6, 6.07) is 0. The summed E-state index contributed by atoms with van der Waals surface area (Å²) in [6.45, 7) is 3.35. The Morgan fingerprint density at radius 3 is 2.46 bits per heavy atom. The maximum atomic E-state index is 11.1. The molecule has 0 fully saturated rings. The smallest absolute Gasteiger partial charge is 0.239 e. The Morgan fingerprint density at radius 1 is 1.54 bits per heavy atom. The molecule has 0 aromatic rings. The van der Waals surface area contributed by atoms with E-state index >= 15 is 0 Å². The van der Waals surface area contributed by atoms with Crippen molar-refractivity contribution >= 4 is 19.7 Å². The van der Waals surface area contributed by atoms with E-state index in [0.29, 0.717) is 5.57 Å². The van der Waals surface area contributed by atoms with Gasteiger partial charge in [0.1, 0.15) is 11.0 Å². The van der Waals surface area contributed by atoms with Crippen molar-refractivity contribution in [2.24, 2.45) is 5.92 Å². The van der Waals surface area contributed by atoms with E-state index in [4.69, 9.17) is 10.7 Å². The first-order valence-electron chi connectivity index (χ1n) is 3.85. The van der Waals surface area contributed by atoms with Crippen LogP contribution in [0.1, 0.15) is 13.8 Å². The van der Waals surface area contributed by atoms with Gasteiger partial charge < -0.3 is 5.11 Å². The summed E-state index contributed by atoms with van der Waals surface area (Å²) in [5.74, 6) is -0.186. The fourth-order valence-corrected chi connectivity index (χ4v) is 3.63. The van der Waals surface area contributed by atoms with Gasteiger partial charge in [-0.3, -0.25) is 0 Å². The Labute approximate surface area is 82.1 Å². The molecule has 0 saturated heterocycles. The summed E-state index contributed by atoms with van der Waals surface area (Å²) in [5, 5.41) is 8.46. The normalized spacial score (nSPS) is 29.5. The van der Waals surface area contributed by atoms with Crippen molar-refractivity contribution in [1.82, 2.24) is 0 Å². The second-order valence-corrected chi connectivity index (χ2v) is 5.98. The Balaban J connectivity index is 3.12. The van der Waals surface area contributed by atoms with Gasteiger partial charge in [0.2, 0.25) is 9.05 Å². The Hall–Kier alpha value is -0.480. The van der Waals surface area contributed by atoms with Crippen molar-refractivity contribution in [1.29, 1.82) is 0 Å². The molecule has 0 aromatic heterocycles. The van der Waals surface area contributed by atoms with Gasteiger partial charge >= 0.3 is 0 Å². The maximum Gasteiger partial charge on any atom is 0.239 e. The second-order valence-electron chi connectivity index (χ2n) is 3.24. The first kappa shape index (κ1) is 10.6. The van der Waals surface area contributed by atoms with Gasteiger partial charge in [-0.05, 0) is 30.6 Å². The third-order valence-corrected chi connectivity index (χ3v) is 4.02. The molecular formula is C8H11ClO3S. The summed E-state index contributed by atoms with van der Waals surface area (Å²) in [6.07, 6.45) is 2.90. The molecule has 0 amide bonds. The zero-order chi connectivity index (χ0) is 10.2. The third-order valence-electron chi connectivity index (χ3n) is 2.04. The fraction of sp³-hybridized carbons (Fsp3) is 0.500. The largest absolute Gasteiger partial charge is 0.508 e. The average Bonchev–Trinajstić information content (AvgIpc) is 1.78. The average molecular weight is 223 g/mol. The van der Waals surface area contributed by atoms with Crippen LogP contribution in [0, 0.1) is 5.92 Å². The molecule has 0 saturated carbocycles. The van der Waals surface area contributed by atoms with Crippen LogP contribution in [0.25, 0.3) is 0 Å². The van der Waals surface area contributed by atoms with Gasteiger partial charge in [0.15, 0.2) is 0 Å². The highest BCUT2D eigenvalue weighted by Crippen LogP contribution is 2.29. The molecule has 3 nitrogen and oxygen atoms in total. The molecule has 0 radical (unpaired) electrons. The van der Waals surface area contributed by atoms with Crippen molar-refractivity contribution in [3.8, 4) is 0 Å². The van der Waals surface area contributed by atoms with Crippen molar-refractivity contribution in [2.45, 2.75) is 19.1 Å². The van der Waals surface area contributed by atoms with Gasteiger partial charge in [-0.25, -0.2) is 8.42 Å². The summed E-state index contributed by atoms with van der Waals surface area (Å²) < 4.78 is 22.3. The van der Waals surface area contributed by atoms with Crippen LogP contribution < -0.4 is 0 Å². The Morgan fingerprint density at radius 2 is 2.08 bits per heavy atom. The molecule has 0 aliphatic heterocycles. The minimum atomic E-state index is -3.60. The molecule has 1 rings (SSSR count). The summed E-state index contributed by atoms with van der Waals surface area (Å²) in [5.41, 5.74) is 0.572. The summed E-state index contributed by atoms with van der Waals surface area (Å²) in [4.78, 5) is 0. The Kier molecular flexibility index (Phi) is 2.73. The van der Waals surface area contributed by atoms with Crippen molar-refractivity contribution in [3.63, 3.8) is 0 Å². The molecule has 2 atom stereocenters. The number of aliphatic hydroxyl groups is 1. The summed E-state index contributed by atoms with van der Waals surface area (Å²) >= 11 is 0. The van der Waals surface area contributed by atoms with Crippen LogP contribution in [0.5, 0.6) is 0 Å². The van der Waals surface area contributed by atoms with Gasteiger partial charge in [-0.1, -0.05) is 6.92 Å². The van der Waals surface area contributed by atoms with Crippen molar-refractivity contribution in [3.05, 3.63) is 23.5 Å². The number of aliphatic hydroxyl groups excluding tert-OH is 1. The quantitative estimate of drug-likeness (QED) is 0.690. The lowest BCUT2D eigenvalue weighted by molar-refractivity contribution is 0.417. The fourth-order valence-electron chi connectivity index (χ4n) is 1.61. The predicted molar refractivity (Wildman–Crippen MR) is 52.2 cm³/mol. The lowest BCUT2D eigenvalue weighted by atomic mass is 9.95. The lowest BCUT2D eigenvalue weighted by Crippen LogP contribution is -2.27. The minimum absolute atomic E-state index is 0.0987. The number of hydrogen-bond acceptors (Lipinski definition) is 3. The molecule has 0 spiro atoms. The maximum absolute atomic E-state index is 11.1. The predicted octanol–water partition coefficient (Wildman–Crippen LogP) is 1.96. The van der Waals surface area contributed by atoms with E-state index in [1.54, 1.807) is 13.8 Å². The number of halogens is 1. The van der Waals surface area contributed by atoms with Crippen LogP contribution in [-0.4, -0.2) is 18.8 Å². The second kappa shape index (κ2) is 3.35. The standard InChI is InChI=1S/C8H11ClO3S/c1-5-3-7(10)4-6(2)8(5)13(9,11)12/h3-5,8,10H,1-2H3. The highest BCUT2D eigenvalue weighted by Gasteiger charge is 2.32. The monoisotopic (exact) mass is 222 g/mol. The van der Waals surface area contributed by atoms with E-state index < -0.39 is 14.3 Å². The van der Waals surface area contributed by atoms with Crippen LogP contribution in [-0.2, 0) is 9.05 Å². The van der Waals surface area contributed by atoms with Gasteiger partial charge in [0, 0.05) is 10.7 Å². The van der Waals surface area contributed by atoms with Crippen LogP contribution in [0.15, 0.2) is 23.5 Å². The first-order chi connectivity index (χ1) is 5.82. The zero-order valence-corrected chi connectivity index (χ0v) is 8.93. The van der Waals surface area contributed by atoms with E-state index in [2.05, 4.69) is 0 Å². The molecule has 1 aliphatic carbocycles. The van der Waals surface area contributed by atoms with Crippen LogP contribution >= 0.6 is 10.7 Å². The molecule has 5 heteroatoms. The van der Waals surface area contributed by atoms with E-state index in [1.165, 1.54) is 12.2 Å². The van der Waals surface area contributed by atoms with Gasteiger partial charge in [0.05, 0.1) is 0 Å². The minimum Gasteiger partial charge on any atom is -0.508 e. The van der Waals surface area contributed by atoms with E-state index in [-0.39, 0.29) is 11.7 Å². The molecule has 0 aromatic carbocycles. The lowest BCUT2D eigenvalue weighted by Gasteiger charge is -2.22. The van der Waals surface area contributed by atoms with Gasteiger partial charge in [-0.15, -0.1) is 0 Å². The van der Waals surface area contributed by atoms with Crippen LogP contribution in [0.3, 0.4) is 0 Å². The molecule has 74 valence electrons. The van der Waals surface area contributed by atoms with E-state index in [9.17, 15) is 13.5 Å². The van der Waals surface area contributed by atoms with Crippen molar-refractivity contribution in [2.75, 3.05) is 0 Å². The first-order valence-corrected chi connectivity index (χ1v) is 6.22. The Bertz CT molecular complexity index is 367. The highest BCUT2D eigenvalue weighted by molar-refractivity contribution is 8.14. The van der Waals surface area contributed by atoms with E-state index in [0.717, 1.165) is 0 Å². The molecule has 2 unspecified atom stereocenters. The SMILES string of the molecule is CC1=CC(O)=CC(C)C1S(=O)(=O)Cl. The zero-order valence-electron chi connectivity index (χ0n) is 7.36. The van der Waals surface area contributed by atoms with Gasteiger partial charge in [-0.2, -0.15) is 0 Å². The van der Waals surface area contributed by atoms with Crippen molar-refractivity contribution < 1.29 is 13.5 Å². The third kappa shape index (κ3) is 2.25. The topological polar surface area (TPSA) is 54.4 Å². The van der Waals surface area contributed by atoms with Gasteiger partial charge in [0.25, 0.3) is 0 Å². The van der Waals surface area contributed by atoms with Crippen LogP contribution in [0.2, 0.25) is 0 Å².